The molecule has 0 radical (unpaired) electrons. The summed E-state index contributed by atoms with van der Waals surface area (Å²) in [6.45, 7) is 3.03. The van der Waals surface area contributed by atoms with Gasteiger partial charge in [-0.25, -0.2) is 4.98 Å². The summed E-state index contributed by atoms with van der Waals surface area (Å²) in [7, 11) is 0. The minimum Gasteiger partial charge on any atom is -0.328 e. The lowest BCUT2D eigenvalue weighted by Gasteiger charge is -2.06. The van der Waals surface area contributed by atoms with Crippen molar-refractivity contribution in [3.05, 3.63) is 52.5 Å². The van der Waals surface area contributed by atoms with Gasteiger partial charge in [-0.3, -0.25) is 4.79 Å². The van der Waals surface area contributed by atoms with E-state index in [9.17, 15) is 4.79 Å². The summed E-state index contributed by atoms with van der Waals surface area (Å²) in [6, 6.07) is 9.94. The Bertz CT molecular complexity index is 728. The first-order chi connectivity index (χ1) is 9.79. The molecule has 0 saturated carbocycles. The molecular weight excluding hydrogens is 268 g/mol. The molecule has 4 heteroatoms. The maximum absolute atomic E-state index is 12.3. The third-order valence-electron chi connectivity index (χ3n) is 3.34. The summed E-state index contributed by atoms with van der Waals surface area (Å²) in [5.41, 5.74) is 2.86. The van der Waals surface area contributed by atoms with Crippen molar-refractivity contribution < 1.29 is 4.79 Å². The Kier molecular flexibility index (Phi) is 3.65. The maximum atomic E-state index is 12.3. The second-order valence-electron chi connectivity index (χ2n) is 4.78. The Morgan fingerprint density at radius 2 is 2.15 bits per heavy atom. The fourth-order valence-electron chi connectivity index (χ4n) is 2.40. The molecule has 2 heterocycles. The quantitative estimate of drug-likeness (QED) is 0.665. The molecular formula is C16H16N2OS. The van der Waals surface area contributed by atoms with E-state index in [0.29, 0.717) is 6.42 Å². The van der Waals surface area contributed by atoms with Gasteiger partial charge in [-0.05, 0) is 30.0 Å². The molecule has 0 N–H and O–H groups in total. The van der Waals surface area contributed by atoms with Crippen LogP contribution in [0.25, 0.3) is 11.0 Å². The third-order valence-corrected chi connectivity index (χ3v) is 4.03. The molecule has 0 spiro atoms. The van der Waals surface area contributed by atoms with Crippen LogP contribution in [0, 0.1) is 0 Å². The maximum Gasteiger partial charge on any atom is 0.171 e. The van der Waals surface area contributed by atoms with Gasteiger partial charge in [-0.1, -0.05) is 19.1 Å². The number of carbonyl (C=O) groups is 1. The van der Waals surface area contributed by atoms with Gasteiger partial charge >= 0.3 is 0 Å². The van der Waals surface area contributed by atoms with Gasteiger partial charge in [0.25, 0.3) is 0 Å². The van der Waals surface area contributed by atoms with Crippen LogP contribution in [0.2, 0.25) is 0 Å². The Morgan fingerprint density at radius 3 is 2.90 bits per heavy atom. The van der Waals surface area contributed by atoms with Gasteiger partial charge in [-0.2, -0.15) is 11.3 Å². The first kappa shape index (κ1) is 13.1. The number of thiophene rings is 1. The van der Waals surface area contributed by atoms with Crippen LogP contribution in [0.1, 0.15) is 29.5 Å². The fraction of sp³-hybridized carbons (Fsp3) is 0.250. The van der Waals surface area contributed by atoms with E-state index in [1.807, 2.05) is 35.0 Å². The zero-order valence-corrected chi connectivity index (χ0v) is 12.2. The number of benzene rings is 1. The topological polar surface area (TPSA) is 34.9 Å². The summed E-state index contributed by atoms with van der Waals surface area (Å²) >= 11 is 1.55. The Morgan fingerprint density at radius 1 is 1.30 bits per heavy atom. The predicted molar refractivity (Wildman–Crippen MR) is 82.4 cm³/mol. The van der Waals surface area contributed by atoms with E-state index in [4.69, 9.17) is 0 Å². The van der Waals surface area contributed by atoms with Gasteiger partial charge in [0.05, 0.1) is 17.5 Å². The fourth-order valence-corrected chi connectivity index (χ4v) is 3.06. The number of aryl methyl sites for hydroxylation is 1. The average Bonchev–Trinajstić information content (AvgIpc) is 3.08. The van der Waals surface area contributed by atoms with Crippen molar-refractivity contribution in [3.63, 3.8) is 0 Å². The number of para-hydroxylation sites is 2. The number of hydrogen-bond donors (Lipinski definition) is 0. The van der Waals surface area contributed by atoms with E-state index in [0.717, 1.165) is 35.4 Å². The first-order valence-corrected chi connectivity index (χ1v) is 7.73. The van der Waals surface area contributed by atoms with Crippen LogP contribution in [0.3, 0.4) is 0 Å². The number of imidazole rings is 1. The average molecular weight is 284 g/mol. The van der Waals surface area contributed by atoms with Gasteiger partial charge in [0.2, 0.25) is 0 Å². The molecule has 102 valence electrons. The van der Waals surface area contributed by atoms with Crippen LogP contribution in [0.4, 0.5) is 0 Å². The summed E-state index contributed by atoms with van der Waals surface area (Å²) in [5.74, 6) is 1.00. The molecule has 20 heavy (non-hydrogen) atoms. The molecule has 3 rings (SSSR count). The van der Waals surface area contributed by atoms with E-state index < -0.39 is 0 Å². The Hall–Kier alpha value is -1.94. The highest BCUT2D eigenvalue weighted by Gasteiger charge is 2.14. The highest BCUT2D eigenvalue weighted by molar-refractivity contribution is 7.08. The minimum absolute atomic E-state index is 0.138. The van der Waals surface area contributed by atoms with Crippen molar-refractivity contribution in [3.8, 4) is 0 Å². The molecule has 0 amide bonds. The van der Waals surface area contributed by atoms with Crippen LogP contribution in [0.15, 0.2) is 41.1 Å². The number of fused-ring (bicyclic) bond motifs is 1. The number of carbonyl (C=O) groups excluding carboxylic acids is 1. The van der Waals surface area contributed by atoms with Gasteiger partial charge < -0.3 is 4.57 Å². The van der Waals surface area contributed by atoms with E-state index in [1.54, 1.807) is 11.3 Å². The van der Waals surface area contributed by atoms with Crippen molar-refractivity contribution in [1.82, 2.24) is 9.55 Å². The standard InChI is InChI=1S/C16H16N2OS/c1-2-8-18-14-6-4-3-5-13(14)17-16(18)10-15(19)12-7-9-20-11-12/h3-7,9,11H,2,8,10H2,1H3. The number of rotatable bonds is 5. The summed E-state index contributed by atoms with van der Waals surface area (Å²) in [4.78, 5) is 16.9. The van der Waals surface area contributed by atoms with E-state index >= 15 is 0 Å². The molecule has 0 fully saturated rings. The minimum atomic E-state index is 0.138. The predicted octanol–water partition coefficient (Wildman–Crippen LogP) is 3.93. The van der Waals surface area contributed by atoms with Gasteiger partial charge in [0.1, 0.15) is 5.82 Å². The summed E-state index contributed by atoms with van der Waals surface area (Å²) < 4.78 is 2.17. The molecule has 0 atom stereocenters. The molecule has 0 unspecified atom stereocenters. The van der Waals surface area contributed by atoms with Crippen LogP contribution < -0.4 is 0 Å². The smallest absolute Gasteiger partial charge is 0.171 e. The first-order valence-electron chi connectivity index (χ1n) is 6.79. The third kappa shape index (κ3) is 2.39. The highest BCUT2D eigenvalue weighted by Crippen LogP contribution is 2.18. The van der Waals surface area contributed by atoms with Crippen LogP contribution in [-0.4, -0.2) is 15.3 Å². The van der Waals surface area contributed by atoms with Gasteiger partial charge in [-0.15, -0.1) is 0 Å². The Labute approximate surface area is 121 Å². The Balaban J connectivity index is 1.98. The molecule has 1 aromatic carbocycles. The zero-order chi connectivity index (χ0) is 13.9. The normalized spacial score (nSPS) is 11.1. The molecule has 0 aliphatic rings. The van der Waals surface area contributed by atoms with Crippen molar-refractivity contribution in [2.75, 3.05) is 0 Å². The zero-order valence-electron chi connectivity index (χ0n) is 11.4. The van der Waals surface area contributed by atoms with Crippen molar-refractivity contribution in [2.45, 2.75) is 26.3 Å². The largest absolute Gasteiger partial charge is 0.328 e. The summed E-state index contributed by atoms with van der Waals surface area (Å²) in [6.07, 6.45) is 1.39. The molecule has 3 nitrogen and oxygen atoms in total. The second kappa shape index (κ2) is 5.59. The molecule has 0 bridgehead atoms. The summed E-state index contributed by atoms with van der Waals surface area (Å²) in [5, 5.41) is 3.83. The van der Waals surface area contributed by atoms with Crippen molar-refractivity contribution in [2.24, 2.45) is 0 Å². The van der Waals surface area contributed by atoms with Crippen LogP contribution in [-0.2, 0) is 13.0 Å². The SMILES string of the molecule is CCCn1c(CC(=O)c2ccsc2)nc2ccccc21. The highest BCUT2D eigenvalue weighted by atomic mass is 32.1. The van der Waals surface area contributed by atoms with E-state index in [2.05, 4.69) is 22.5 Å². The number of nitrogens with zero attached hydrogens (tertiary/aromatic N) is 2. The van der Waals surface area contributed by atoms with Crippen LogP contribution in [0.5, 0.6) is 0 Å². The molecule has 0 aliphatic heterocycles. The monoisotopic (exact) mass is 284 g/mol. The number of Topliss-reactive ketones (excluding diaryl/α,β-unsaturated/α-hetero) is 1. The lowest BCUT2D eigenvalue weighted by Crippen LogP contribution is -2.10. The molecule has 3 aromatic rings. The van der Waals surface area contributed by atoms with Gasteiger partial charge in [0.15, 0.2) is 5.78 Å². The van der Waals surface area contributed by atoms with Crippen molar-refractivity contribution in [1.29, 1.82) is 0 Å². The second-order valence-corrected chi connectivity index (χ2v) is 5.56. The molecule has 2 aromatic heterocycles. The van der Waals surface area contributed by atoms with E-state index in [-0.39, 0.29) is 5.78 Å². The molecule has 0 aliphatic carbocycles. The number of aromatic nitrogens is 2. The molecule has 0 saturated heterocycles. The lowest BCUT2D eigenvalue weighted by molar-refractivity contribution is 0.0990. The number of ketones is 1. The van der Waals surface area contributed by atoms with Crippen molar-refractivity contribution >= 4 is 28.2 Å². The number of hydrogen-bond acceptors (Lipinski definition) is 3. The van der Waals surface area contributed by atoms with Gasteiger partial charge in [0, 0.05) is 17.5 Å². The lowest BCUT2D eigenvalue weighted by atomic mass is 10.1. The van der Waals surface area contributed by atoms with E-state index in [1.165, 1.54) is 0 Å². The van der Waals surface area contributed by atoms with Crippen LogP contribution >= 0.6 is 11.3 Å².